The zero-order valence-electron chi connectivity index (χ0n) is 13.1. The summed E-state index contributed by atoms with van der Waals surface area (Å²) in [6, 6.07) is 5.53. The molecule has 1 fully saturated rings. The van der Waals surface area contributed by atoms with Crippen LogP contribution in [-0.4, -0.2) is 56.4 Å². The lowest BCUT2D eigenvalue weighted by atomic mass is 10.2. The highest BCUT2D eigenvalue weighted by molar-refractivity contribution is 7.91. The minimum atomic E-state index is -3.10. The van der Waals surface area contributed by atoms with Gasteiger partial charge in [-0.15, -0.1) is 0 Å². The van der Waals surface area contributed by atoms with Gasteiger partial charge in [-0.05, 0) is 18.6 Å². The van der Waals surface area contributed by atoms with Crippen LogP contribution < -0.4 is 0 Å². The van der Waals surface area contributed by atoms with E-state index in [9.17, 15) is 22.4 Å². The summed E-state index contributed by atoms with van der Waals surface area (Å²) in [5, 5.41) is 0. The number of hydrogen-bond acceptors (Lipinski definition) is 5. The number of hydrogen-bond donors (Lipinski definition) is 0. The predicted molar refractivity (Wildman–Crippen MR) is 86.2 cm³/mol. The Morgan fingerprint density at radius 1 is 1.38 bits per heavy atom. The standard InChI is InChI=1S/C16H18FNO5S/c1-18(13-8-9-24(21,22)11-13)15(19)10-23-16(20)7-6-12-4-2-3-5-14(12)17/h2-7,13H,8-11H2,1H3/b7-6+/t13-/m1/s1. The average molecular weight is 355 g/mol. The number of carbonyl (C=O) groups is 2. The van der Waals surface area contributed by atoms with Crippen molar-refractivity contribution in [3.05, 3.63) is 41.7 Å². The van der Waals surface area contributed by atoms with Crippen LogP contribution in [0.5, 0.6) is 0 Å². The van der Waals surface area contributed by atoms with Gasteiger partial charge in [0.2, 0.25) is 0 Å². The Morgan fingerprint density at radius 3 is 2.71 bits per heavy atom. The first-order valence-electron chi connectivity index (χ1n) is 7.34. The van der Waals surface area contributed by atoms with Gasteiger partial charge in [0.15, 0.2) is 16.4 Å². The van der Waals surface area contributed by atoms with Gasteiger partial charge in [0, 0.05) is 24.7 Å². The van der Waals surface area contributed by atoms with Crippen molar-refractivity contribution >= 4 is 27.8 Å². The summed E-state index contributed by atoms with van der Waals surface area (Å²) < 4.78 is 41.0. The SMILES string of the molecule is CN(C(=O)COC(=O)/C=C/c1ccccc1F)[C@@H]1CCS(=O)(=O)C1. The van der Waals surface area contributed by atoms with Crippen LogP contribution >= 0.6 is 0 Å². The first-order chi connectivity index (χ1) is 11.3. The molecule has 1 atom stereocenters. The van der Waals surface area contributed by atoms with E-state index in [-0.39, 0.29) is 17.1 Å². The molecule has 0 radical (unpaired) electrons. The molecule has 0 bridgehead atoms. The first-order valence-corrected chi connectivity index (χ1v) is 9.16. The Balaban J connectivity index is 1.83. The van der Waals surface area contributed by atoms with Gasteiger partial charge in [-0.2, -0.15) is 0 Å². The predicted octanol–water partition coefficient (Wildman–Crippen LogP) is 1.03. The fourth-order valence-corrected chi connectivity index (χ4v) is 4.11. The molecule has 0 N–H and O–H groups in total. The molecule has 2 rings (SSSR count). The van der Waals surface area contributed by atoms with Crippen molar-refractivity contribution in [2.75, 3.05) is 25.2 Å². The minimum absolute atomic E-state index is 0.0560. The number of halogens is 1. The molecule has 1 amide bonds. The molecule has 0 aliphatic carbocycles. The molecule has 1 aliphatic heterocycles. The van der Waals surface area contributed by atoms with Crippen LogP contribution in [0.4, 0.5) is 4.39 Å². The Hall–Kier alpha value is -2.22. The molecule has 1 aliphatic rings. The van der Waals surface area contributed by atoms with Gasteiger partial charge in [0.05, 0.1) is 11.5 Å². The Labute approximate surface area is 139 Å². The smallest absolute Gasteiger partial charge is 0.331 e. The first kappa shape index (κ1) is 18.1. The molecule has 0 aromatic heterocycles. The average Bonchev–Trinajstić information content (AvgIpc) is 2.91. The van der Waals surface area contributed by atoms with Gasteiger partial charge < -0.3 is 9.64 Å². The van der Waals surface area contributed by atoms with Crippen molar-refractivity contribution in [3.8, 4) is 0 Å². The third-order valence-electron chi connectivity index (χ3n) is 3.79. The van der Waals surface area contributed by atoms with E-state index >= 15 is 0 Å². The van der Waals surface area contributed by atoms with E-state index in [0.717, 1.165) is 6.08 Å². The lowest BCUT2D eigenvalue weighted by Gasteiger charge is -2.22. The van der Waals surface area contributed by atoms with E-state index in [1.54, 1.807) is 6.07 Å². The van der Waals surface area contributed by atoms with E-state index in [4.69, 9.17) is 4.74 Å². The van der Waals surface area contributed by atoms with Crippen LogP contribution in [0.15, 0.2) is 30.3 Å². The fourth-order valence-electron chi connectivity index (χ4n) is 2.34. The maximum absolute atomic E-state index is 13.4. The van der Waals surface area contributed by atoms with Crippen molar-refractivity contribution in [1.29, 1.82) is 0 Å². The van der Waals surface area contributed by atoms with E-state index in [1.807, 2.05) is 0 Å². The topological polar surface area (TPSA) is 80.8 Å². The van der Waals surface area contributed by atoms with Crippen molar-refractivity contribution in [2.24, 2.45) is 0 Å². The molecule has 1 saturated heterocycles. The van der Waals surface area contributed by atoms with E-state index in [2.05, 4.69) is 0 Å². The zero-order valence-corrected chi connectivity index (χ0v) is 14.0. The number of carbonyl (C=O) groups excluding carboxylic acids is 2. The minimum Gasteiger partial charge on any atom is -0.452 e. The fraction of sp³-hybridized carbons (Fsp3) is 0.375. The summed E-state index contributed by atoms with van der Waals surface area (Å²) in [6.07, 6.45) is 2.67. The second kappa shape index (κ2) is 7.57. The highest BCUT2D eigenvalue weighted by atomic mass is 32.2. The van der Waals surface area contributed by atoms with Crippen LogP contribution in [0.1, 0.15) is 12.0 Å². The van der Waals surface area contributed by atoms with E-state index < -0.39 is 40.2 Å². The summed E-state index contributed by atoms with van der Waals surface area (Å²) in [6.45, 7) is -0.493. The van der Waals surface area contributed by atoms with Crippen LogP contribution in [0.25, 0.3) is 6.08 Å². The number of amides is 1. The van der Waals surface area contributed by atoms with E-state index in [0.29, 0.717) is 6.42 Å². The molecule has 6 nitrogen and oxygen atoms in total. The van der Waals surface area contributed by atoms with Gasteiger partial charge >= 0.3 is 5.97 Å². The van der Waals surface area contributed by atoms with Gasteiger partial charge in [0.25, 0.3) is 5.91 Å². The Bertz CT molecular complexity index is 759. The molecule has 8 heteroatoms. The molecule has 1 aromatic carbocycles. The summed E-state index contributed by atoms with van der Waals surface area (Å²) >= 11 is 0. The number of benzene rings is 1. The Morgan fingerprint density at radius 2 is 2.08 bits per heavy atom. The summed E-state index contributed by atoms with van der Waals surface area (Å²) in [5.74, 6) is -1.75. The van der Waals surface area contributed by atoms with Gasteiger partial charge in [-0.3, -0.25) is 4.79 Å². The second-order valence-electron chi connectivity index (χ2n) is 5.52. The maximum Gasteiger partial charge on any atom is 0.331 e. The summed E-state index contributed by atoms with van der Waals surface area (Å²) in [5.41, 5.74) is 0.231. The highest BCUT2D eigenvalue weighted by Crippen LogP contribution is 2.16. The number of likely N-dealkylation sites (N-methyl/N-ethyl adjacent to an activating group) is 1. The van der Waals surface area contributed by atoms with Crippen molar-refractivity contribution in [2.45, 2.75) is 12.5 Å². The number of esters is 1. The van der Waals surface area contributed by atoms with Crippen molar-refractivity contribution in [1.82, 2.24) is 4.90 Å². The molecular formula is C16H18FNO5S. The van der Waals surface area contributed by atoms with Crippen molar-refractivity contribution in [3.63, 3.8) is 0 Å². The van der Waals surface area contributed by atoms with E-state index in [1.165, 1.54) is 36.2 Å². The quantitative estimate of drug-likeness (QED) is 0.582. The number of nitrogens with zero attached hydrogens (tertiary/aromatic N) is 1. The van der Waals surface area contributed by atoms with Gasteiger partial charge in [-0.1, -0.05) is 18.2 Å². The van der Waals surface area contributed by atoms with Crippen LogP contribution in [-0.2, 0) is 24.2 Å². The zero-order chi connectivity index (χ0) is 17.7. The van der Waals surface area contributed by atoms with Crippen LogP contribution in [0.2, 0.25) is 0 Å². The van der Waals surface area contributed by atoms with Gasteiger partial charge in [-0.25, -0.2) is 17.6 Å². The number of sulfone groups is 1. The molecule has 0 unspecified atom stereocenters. The normalized spacial score (nSPS) is 19.3. The lowest BCUT2D eigenvalue weighted by Crippen LogP contribution is -2.40. The molecule has 1 aromatic rings. The van der Waals surface area contributed by atoms with Crippen LogP contribution in [0, 0.1) is 5.82 Å². The summed E-state index contributed by atoms with van der Waals surface area (Å²) in [7, 11) is -1.61. The molecular weight excluding hydrogens is 337 g/mol. The van der Waals surface area contributed by atoms with Gasteiger partial charge in [0.1, 0.15) is 5.82 Å². The molecule has 0 spiro atoms. The molecule has 130 valence electrons. The largest absolute Gasteiger partial charge is 0.452 e. The third kappa shape index (κ3) is 4.89. The molecule has 0 saturated carbocycles. The van der Waals surface area contributed by atoms with Crippen LogP contribution in [0.3, 0.4) is 0 Å². The Kier molecular flexibility index (Phi) is 5.71. The highest BCUT2D eigenvalue weighted by Gasteiger charge is 2.32. The second-order valence-corrected chi connectivity index (χ2v) is 7.75. The molecule has 1 heterocycles. The lowest BCUT2D eigenvalue weighted by molar-refractivity contribution is -0.148. The summed E-state index contributed by atoms with van der Waals surface area (Å²) in [4.78, 5) is 24.8. The maximum atomic E-state index is 13.4. The number of rotatable bonds is 5. The van der Waals surface area contributed by atoms with Crippen molar-refractivity contribution < 1.29 is 27.1 Å². The molecule has 24 heavy (non-hydrogen) atoms. The third-order valence-corrected chi connectivity index (χ3v) is 5.54. The monoisotopic (exact) mass is 355 g/mol. The number of ether oxygens (including phenoxy) is 1.